The standard InChI is InChI=1S/C19H24N4O3/c1-26-19(25)14-4-2-3-13(5-14)8-22-9-15-6-17(23-12-20-11-21-23)18(24)7-16(15)10-22/h2-5,11-12,15-18,24H,6-10H2,1H3/t15-,16+,17-,18-/m1/s1. The average molecular weight is 356 g/mol. The summed E-state index contributed by atoms with van der Waals surface area (Å²) in [4.78, 5) is 18.1. The number of nitrogens with zero attached hydrogens (tertiary/aromatic N) is 4. The second kappa shape index (κ2) is 7.17. The van der Waals surface area contributed by atoms with Crippen LogP contribution in [0.25, 0.3) is 0 Å². The number of aromatic nitrogens is 3. The molecule has 26 heavy (non-hydrogen) atoms. The molecule has 4 atom stereocenters. The van der Waals surface area contributed by atoms with E-state index in [2.05, 4.69) is 15.0 Å². The first-order valence-electron chi connectivity index (χ1n) is 9.06. The number of carbonyl (C=O) groups excluding carboxylic acids is 1. The Morgan fingerprint density at radius 1 is 1.31 bits per heavy atom. The molecule has 1 aromatic carbocycles. The Morgan fingerprint density at radius 2 is 2.12 bits per heavy atom. The number of benzene rings is 1. The van der Waals surface area contributed by atoms with E-state index in [0.717, 1.165) is 38.0 Å². The second-order valence-corrected chi connectivity index (χ2v) is 7.39. The highest BCUT2D eigenvalue weighted by Gasteiger charge is 2.42. The van der Waals surface area contributed by atoms with Crippen molar-refractivity contribution < 1.29 is 14.6 Å². The van der Waals surface area contributed by atoms with Crippen LogP contribution in [0.4, 0.5) is 0 Å². The fourth-order valence-corrected chi connectivity index (χ4v) is 4.48. The molecule has 2 heterocycles. The number of aliphatic hydroxyl groups excluding tert-OH is 1. The lowest BCUT2D eigenvalue weighted by atomic mass is 9.77. The number of ether oxygens (including phenoxy) is 1. The Labute approximate surface area is 152 Å². The van der Waals surface area contributed by atoms with Gasteiger partial charge in [-0.2, -0.15) is 5.10 Å². The molecule has 0 unspecified atom stereocenters. The molecule has 4 rings (SSSR count). The van der Waals surface area contributed by atoms with E-state index in [-0.39, 0.29) is 18.1 Å². The average Bonchev–Trinajstić information content (AvgIpc) is 3.29. The molecule has 1 saturated carbocycles. The first-order valence-corrected chi connectivity index (χ1v) is 9.06. The van der Waals surface area contributed by atoms with Crippen LogP contribution in [0.15, 0.2) is 36.9 Å². The summed E-state index contributed by atoms with van der Waals surface area (Å²) in [6.07, 6.45) is 4.57. The monoisotopic (exact) mass is 356 g/mol. The molecule has 2 aliphatic rings. The highest BCUT2D eigenvalue weighted by molar-refractivity contribution is 5.89. The lowest BCUT2D eigenvalue weighted by molar-refractivity contribution is 0.0304. The number of likely N-dealkylation sites (tertiary alicyclic amines) is 1. The summed E-state index contributed by atoms with van der Waals surface area (Å²) >= 11 is 0. The number of carbonyl (C=O) groups is 1. The van der Waals surface area contributed by atoms with Crippen LogP contribution in [0.5, 0.6) is 0 Å². The number of hydrogen-bond donors (Lipinski definition) is 1. The van der Waals surface area contributed by atoms with Crippen molar-refractivity contribution >= 4 is 5.97 Å². The fourth-order valence-electron chi connectivity index (χ4n) is 4.48. The quantitative estimate of drug-likeness (QED) is 0.837. The number of hydrogen-bond acceptors (Lipinski definition) is 6. The van der Waals surface area contributed by atoms with E-state index in [1.165, 1.54) is 13.4 Å². The maximum atomic E-state index is 11.7. The number of rotatable bonds is 4. The van der Waals surface area contributed by atoms with Gasteiger partial charge < -0.3 is 9.84 Å². The molecule has 7 nitrogen and oxygen atoms in total. The van der Waals surface area contributed by atoms with Crippen molar-refractivity contribution in [1.82, 2.24) is 19.7 Å². The van der Waals surface area contributed by atoms with Gasteiger partial charge in [-0.25, -0.2) is 14.5 Å². The molecular formula is C19H24N4O3. The first-order chi connectivity index (χ1) is 12.6. The third-order valence-electron chi connectivity index (χ3n) is 5.72. The second-order valence-electron chi connectivity index (χ2n) is 7.39. The highest BCUT2D eigenvalue weighted by atomic mass is 16.5. The van der Waals surface area contributed by atoms with Crippen LogP contribution in [0, 0.1) is 11.8 Å². The van der Waals surface area contributed by atoms with Crippen molar-refractivity contribution in [3.63, 3.8) is 0 Å². The van der Waals surface area contributed by atoms with E-state index < -0.39 is 0 Å². The summed E-state index contributed by atoms with van der Waals surface area (Å²) < 4.78 is 6.60. The number of esters is 1. The van der Waals surface area contributed by atoms with Crippen LogP contribution in [0.2, 0.25) is 0 Å². The first kappa shape index (κ1) is 17.2. The van der Waals surface area contributed by atoms with Crippen LogP contribution in [0.3, 0.4) is 0 Å². The molecule has 2 aromatic rings. The topological polar surface area (TPSA) is 80.5 Å². The van der Waals surface area contributed by atoms with Gasteiger partial charge in [-0.3, -0.25) is 4.90 Å². The van der Waals surface area contributed by atoms with Crippen molar-refractivity contribution in [2.75, 3.05) is 20.2 Å². The maximum Gasteiger partial charge on any atom is 0.337 e. The van der Waals surface area contributed by atoms with E-state index in [9.17, 15) is 9.90 Å². The molecule has 1 aliphatic heterocycles. The smallest absolute Gasteiger partial charge is 0.337 e. The number of fused-ring (bicyclic) bond motifs is 1. The SMILES string of the molecule is COC(=O)c1cccc(CN2C[C@H]3C[C@@H](n4cncn4)[C@H](O)C[C@H]3C2)c1. The Bertz CT molecular complexity index is 764. The third kappa shape index (κ3) is 3.37. The minimum Gasteiger partial charge on any atom is -0.465 e. The minimum atomic E-state index is -0.374. The van der Waals surface area contributed by atoms with Gasteiger partial charge in [0, 0.05) is 19.6 Å². The van der Waals surface area contributed by atoms with Crippen molar-refractivity contribution in [3.05, 3.63) is 48.0 Å². The Hall–Kier alpha value is -2.25. The fraction of sp³-hybridized carbons (Fsp3) is 0.526. The van der Waals surface area contributed by atoms with Crippen molar-refractivity contribution in [2.24, 2.45) is 11.8 Å². The van der Waals surface area contributed by atoms with Crippen molar-refractivity contribution in [1.29, 1.82) is 0 Å². The molecule has 0 radical (unpaired) electrons. The molecule has 0 bridgehead atoms. The van der Waals surface area contributed by atoms with Gasteiger partial charge in [-0.1, -0.05) is 12.1 Å². The number of aliphatic hydroxyl groups is 1. The third-order valence-corrected chi connectivity index (χ3v) is 5.72. The van der Waals surface area contributed by atoms with Gasteiger partial charge in [0.2, 0.25) is 0 Å². The molecular weight excluding hydrogens is 332 g/mol. The van der Waals surface area contributed by atoms with Crippen molar-refractivity contribution in [2.45, 2.75) is 31.5 Å². The molecule has 1 aromatic heterocycles. The van der Waals surface area contributed by atoms with Gasteiger partial charge in [0.05, 0.1) is 24.8 Å². The summed E-state index contributed by atoms with van der Waals surface area (Å²) in [5.41, 5.74) is 1.70. The normalized spacial score (nSPS) is 28.7. The van der Waals surface area contributed by atoms with Gasteiger partial charge in [0.15, 0.2) is 0 Å². The largest absolute Gasteiger partial charge is 0.465 e. The van der Waals surface area contributed by atoms with E-state index >= 15 is 0 Å². The van der Waals surface area contributed by atoms with E-state index in [4.69, 9.17) is 4.74 Å². The molecule has 1 saturated heterocycles. The van der Waals surface area contributed by atoms with E-state index in [0.29, 0.717) is 17.4 Å². The predicted octanol–water partition coefficient (Wildman–Crippen LogP) is 1.51. The molecule has 0 spiro atoms. The van der Waals surface area contributed by atoms with Crippen LogP contribution < -0.4 is 0 Å². The van der Waals surface area contributed by atoms with Crippen LogP contribution >= 0.6 is 0 Å². The zero-order valence-corrected chi connectivity index (χ0v) is 14.9. The molecule has 1 aliphatic carbocycles. The summed E-state index contributed by atoms with van der Waals surface area (Å²) in [6, 6.07) is 7.64. The summed E-state index contributed by atoms with van der Waals surface area (Å²) in [7, 11) is 1.40. The maximum absolute atomic E-state index is 11.7. The lowest BCUT2D eigenvalue weighted by Crippen LogP contribution is -2.36. The van der Waals surface area contributed by atoms with Crippen LogP contribution in [0.1, 0.15) is 34.8 Å². The van der Waals surface area contributed by atoms with Crippen molar-refractivity contribution in [3.8, 4) is 0 Å². The Kier molecular flexibility index (Phi) is 4.74. The molecule has 0 amide bonds. The van der Waals surface area contributed by atoms with Crippen LogP contribution in [-0.4, -0.2) is 57.0 Å². The zero-order chi connectivity index (χ0) is 18.1. The van der Waals surface area contributed by atoms with Gasteiger partial charge in [-0.05, 0) is 42.4 Å². The van der Waals surface area contributed by atoms with Gasteiger partial charge in [-0.15, -0.1) is 0 Å². The van der Waals surface area contributed by atoms with Gasteiger partial charge >= 0.3 is 5.97 Å². The molecule has 1 N–H and O–H groups in total. The van der Waals surface area contributed by atoms with Gasteiger partial charge in [0.25, 0.3) is 0 Å². The lowest BCUT2D eigenvalue weighted by Gasteiger charge is -2.35. The predicted molar refractivity (Wildman–Crippen MR) is 94.3 cm³/mol. The number of methoxy groups -OCH3 is 1. The van der Waals surface area contributed by atoms with E-state index in [1.807, 2.05) is 18.2 Å². The summed E-state index contributed by atoms with van der Waals surface area (Å²) in [5, 5.41) is 14.7. The highest BCUT2D eigenvalue weighted by Crippen LogP contribution is 2.41. The molecule has 2 fully saturated rings. The van der Waals surface area contributed by atoms with Crippen LogP contribution in [-0.2, 0) is 11.3 Å². The Morgan fingerprint density at radius 3 is 2.85 bits per heavy atom. The van der Waals surface area contributed by atoms with Gasteiger partial charge in [0.1, 0.15) is 12.7 Å². The molecule has 138 valence electrons. The molecule has 7 heteroatoms. The summed E-state index contributed by atoms with van der Waals surface area (Å²) in [5.74, 6) is 0.755. The Balaban J connectivity index is 1.42. The minimum absolute atomic E-state index is 0.0151. The summed E-state index contributed by atoms with van der Waals surface area (Å²) in [6.45, 7) is 2.79. The zero-order valence-electron chi connectivity index (χ0n) is 14.9. The van der Waals surface area contributed by atoms with E-state index in [1.54, 1.807) is 17.1 Å².